The fourth-order valence-electron chi connectivity index (χ4n) is 2.19. The van der Waals surface area contributed by atoms with Gasteiger partial charge in [0.15, 0.2) is 0 Å². The molecule has 1 aliphatic carbocycles. The molecule has 19 heavy (non-hydrogen) atoms. The van der Waals surface area contributed by atoms with Crippen LogP contribution in [-0.4, -0.2) is 54.9 Å². The third-order valence-electron chi connectivity index (χ3n) is 3.85. The molecule has 2 aliphatic rings. The molecule has 6 nitrogen and oxygen atoms in total. The van der Waals surface area contributed by atoms with Gasteiger partial charge in [0.1, 0.15) is 0 Å². The Balaban J connectivity index is 1.62. The summed E-state index contributed by atoms with van der Waals surface area (Å²) in [6.07, 6.45) is 3.02. The summed E-state index contributed by atoms with van der Waals surface area (Å²) in [5.74, 6) is -0.110. The maximum atomic E-state index is 11.8. The van der Waals surface area contributed by atoms with Gasteiger partial charge in [0.25, 0.3) is 0 Å². The molecule has 1 atom stereocenters. The lowest BCUT2D eigenvalue weighted by molar-refractivity contribution is -0.146. The third-order valence-corrected chi connectivity index (χ3v) is 3.85. The largest absolute Gasteiger partial charge is 0.481 e. The number of carbonyl (C=O) groups excluding carboxylic acids is 1. The molecule has 6 heteroatoms. The number of hydrogen-bond acceptors (Lipinski definition) is 3. The minimum atomic E-state index is -0.837. The SMILES string of the molecule is CC1(C(=O)O)CCN(C(=O)NCCOCC2CC2)C1. The second-order valence-electron chi connectivity index (χ2n) is 5.79. The molecule has 108 valence electrons. The zero-order valence-electron chi connectivity index (χ0n) is 11.4. The number of aliphatic carboxylic acids is 1. The summed E-state index contributed by atoms with van der Waals surface area (Å²) >= 11 is 0. The van der Waals surface area contributed by atoms with E-state index in [0.717, 1.165) is 12.5 Å². The standard InChI is InChI=1S/C13H22N2O4/c1-13(11(16)17)4-6-15(9-13)12(18)14-5-7-19-8-10-2-3-10/h10H,2-9H2,1H3,(H,14,18)(H,16,17). The fourth-order valence-corrected chi connectivity index (χ4v) is 2.19. The average molecular weight is 270 g/mol. The van der Waals surface area contributed by atoms with E-state index in [2.05, 4.69) is 5.32 Å². The molecule has 0 spiro atoms. The van der Waals surface area contributed by atoms with Gasteiger partial charge in [-0.1, -0.05) is 0 Å². The van der Waals surface area contributed by atoms with Crippen LogP contribution in [0.1, 0.15) is 26.2 Å². The number of hydrogen-bond donors (Lipinski definition) is 2. The van der Waals surface area contributed by atoms with Crippen LogP contribution in [0.4, 0.5) is 4.79 Å². The Morgan fingerprint density at radius 1 is 1.47 bits per heavy atom. The van der Waals surface area contributed by atoms with Crippen molar-refractivity contribution in [2.75, 3.05) is 32.8 Å². The molecule has 0 radical (unpaired) electrons. The predicted octanol–water partition coefficient (Wildman–Crippen LogP) is 0.919. The molecule has 2 amide bonds. The molecule has 1 heterocycles. The summed E-state index contributed by atoms with van der Waals surface area (Å²) in [6.45, 7) is 4.24. The number of amides is 2. The van der Waals surface area contributed by atoms with Gasteiger partial charge in [-0.2, -0.15) is 0 Å². The molecular formula is C13H22N2O4. The van der Waals surface area contributed by atoms with Crippen molar-refractivity contribution >= 4 is 12.0 Å². The first-order valence-electron chi connectivity index (χ1n) is 6.85. The zero-order valence-corrected chi connectivity index (χ0v) is 11.4. The second-order valence-corrected chi connectivity index (χ2v) is 5.79. The van der Waals surface area contributed by atoms with Crippen molar-refractivity contribution in [1.82, 2.24) is 10.2 Å². The van der Waals surface area contributed by atoms with Crippen LogP contribution in [0.5, 0.6) is 0 Å². The van der Waals surface area contributed by atoms with Gasteiger partial charge in [0.05, 0.1) is 12.0 Å². The molecule has 1 saturated heterocycles. The number of nitrogens with zero attached hydrogens (tertiary/aromatic N) is 1. The summed E-state index contributed by atoms with van der Waals surface area (Å²) in [7, 11) is 0. The van der Waals surface area contributed by atoms with Gasteiger partial charge in [-0.25, -0.2) is 4.79 Å². The molecular weight excluding hydrogens is 248 g/mol. The molecule has 0 aromatic rings. The van der Waals surface area contributed by atoms with Crippen molar-refractivity contribution in [3.63, 3.8) is 0 Å². The highest BCUT2D eigenvalue weighted by atomic mass is 16.5. The van der Waals surface area contributed by atoms with Crippen LogP contribution < -0.4 is 5.32 Å². The molecule has 0 aromatic heterocycles. The average Bonchev–Trinajstić information content (AvgIpc) is 3.09. The van der Waals surface area contributed by atoms with Crippen LogP contribution in [0.15, 0.2) is 0 Å². The summed E-state index contributed by atoms with van der Waals surface area (Å²) < 4.78 is 5.42. The molecule has 2 rings (SSSR count). The van der Waals surface area contributed by atoms with E-state index < -0.39 is 11.4 Å². The fraction of sp³-hybridized carbons (Fsp3) is 0.846. The number of carboxylic acids is 1. The molecule has 1 saturated carbocycles. The van der Waals surface area contributed by atoms with E-state index in [9.17, 15) is 9.59 Å². The lowest BCUT2D eigenvalue weighted by Gasteiger charge is -2.20. The zero-order chi connectivity index (χ0) is 13.9. The maximum absolute atomic E-state index is 11.8. The Morgan fingerprint density at radius 2 is 2.21 bits per heavy atom. The van der Waals surface area contributed by atoms with Gasteiger partial charge >= 0.3 is 12.0 Å². The van der Waals surface area contributed by atoms with E-state index in [0.29, 0.717) is 26.1 Å². The molecule has 2 N–H and O–H groups in total. The molecule has 1 aliphatic heterocycles. The van der Waals surface area contributed by atoms with Crippen molar-refractivity contribution in [3.05, 3.63) is 0 Å². The third kappa shape index (κ3) is 3.83. The Hall–Kier alpha value is -1.30. The van der Waals surface area contributed by atoms with Crippen LogP contribution >= 0.6 is 0 Å². The molecule has 0 bridgehead atoms. The summed E-state index contributed by atoms with van der Waals surface area (Å²) in [5, 5.41) is 11.9. The van der Waals surface area contributed by atoms with E-state index >= 15 is 0 Å². The van der Waals surface area contributed by atoms with E-state index in [1.54, 1.807) is 11.8 Å². The topological polar surface area (TPSA) is 78.9 Å². The van der Waals surface area contributed by atoms with E-state index in [1.165, 1.54) is 12.8 Å². The monoisotopic (exact) mass is 270 g/mol. The lowest BCUT2D eigenvalue weighted by Crippen LogP contribution is -2.42. The number of ether oxygens (including phenoxy) is 1. The highest BCUT2D eigenvalue weighted by Crippen LogP contribution is 2.30. The van der Waals surface area contributed by atoms with Crippen molar-refractivity contribution in [1.29, 1.82) is 0 Å². The highest BCUT2D eigenvalue weighted by Gasteiger charge is 2.42. The van der Waals surface area contributed by atoms with Crippen LogP contribution in [0, 0.1) is 11.3 Å². The Bertz CT molecular complexity index is 357. The van der Waals surface area contributed by atoms with Crippen LogP contribution in [0.25, 0.3) is 0 Å². The first-order chi connectivity index (χ1) is 9.01. The first-order valence-corrected chi connectivity index (χ1v) is 6.85. The Labute approximate surface area is 113 Å². The minimum Gasteiger partial charge on any atom is -0.481 e. The van der Waals surface area contributed by atoms with Crippen molar-refractivity contribution in [2.45, 2.75) is 26.2 Å². The lowest BCUT2D eigenvalue weighted by atomic mass is 9.90. The van der Waals surface area contributed by atoms with Crippen molar-refractivity contribution in [2.24, 2.45) is 11.3 Å². The summed E-state index contributed by atoms with van der Waals surface area (Å²) in [4.78, 5) is 24.5. The second kappa shape index (κ2) is 5.77. The first kappa shape index (κ1) is 14.1. The Kier molecular flexibility index (Phi) is 4.29. The number of urea groups is 1. The smallest absolute Gasteiger partial charge is 0.317 e. The van der Waals surface area contributed by atoms with E-state index in [1.807, 2.05) is 0 Å². The normalized spacial score (nSPS) is 26.5. The van der Waals surface area contributed by atoms with Crippen molar-refractivity contribution in [3.8, 4) is 0 Å². The number of likely N-dealkylation sites (tertiary alicyclic amines) is 1. The van der Waals surface area contributed by atoms with Crippen molar-refractivity contribution < 1.29 is 19.4 Å². The van der Waals surface area contributed by atoms with Gasteiger partial charge < -0.3 is 20.1 Å². The van der Waals surface area contributed by atoms with E-state index in [4.69, 9.17) is 9.84 Å². The quantitative estimate of drug-likeness (QED) is 0.703. The van der Waals surface area contributed by atoms with E-state index in [-0.39, 0.29) is 12.6 Å². The molecule has 1 unspecified atom stereocenters. The van der Waals surface area contributed by atoms with Gasteiger partial charge in [0.2, 0.25) is 0 Å². The van der Waals surface area contributed by atoms with Gasteiger partial charge in [-0.15, -0.1) is 0 Å². The maximum Gasteiger partial charge on any atom is 0.317 e. The number of carbonyl (C=O) groups is 2. The minimum absolute atomic E-state index is 0.194. The predicted molar refractivity (Wildman–Crippen MR) is 68.9 cm³/mol. The van der Waals surface area contributed by atoms with Gasteiger partial charge in [-0.3, -0.25) is 4.79 Å². The molecule has 0 aromatic carbocycles. The summed E-state index contributed by atoms with van der Waals surface area (Å²) in [6, 6.07) is -0.194. The Morgan fingerprint density at radius 3 is 2.79 bits per heavy atom. The van der Waals surface area contributed by atoms with Crippen LogP contribution in [-0.2, 0) is 9.53 Å². The van der Waals surface area contributed by atoms with Crippen LogP contribution in [0.3, 0.4) is 0 Å². The number of rotatable bonds is 6. The number of nitrogens with one attached hydrogen (secondary N) is 1. The molecule has 2 fully saturated rings. The van der Waals surface area contributed by atoms with Gasteiger partial charge in [-0.05, 0) is 32.1 Å². The number of carboxylic acid groups (broad SMARTS) is 1. The summed E-state index contributed by atoms with van der Waals surface area (Å²) in [5.41, 5.74) is -0.806. The van der Waals surface area contributed by atoms with Crippen LogP contribution in [0.2, 0.25) is 0 Å². The highest BCUT2D eigenvalue weighted by molar-refractivity contribution is 5.79. The van der Waals surface area contributed by atoms with Gasteiger partial charge in [0, 0.05) is 26.2 Å².